The summed E-state index contributed by atoms with van der Waals surface area (Å²) in [6, 6.07) is 0.194. The van der Waals surface area contributed by atoms with Gasteiger partial charge in [-0.2, -0.15) is 0 Å². The van der Waals surface area contributed by atoms with E-state index in [-0.39, 0.29) is 12.5 Å². The van der Waals surface area contributed by atoms with Crippen molar-refractivity contribution in [2.45, 2.75) is 45.2 Å². The number of rotatable bonds is 5. The first-order chi connectivity index (χ1) is 8.19. The average Bonchev–Trinajstić information content (AvgIpc) is 2.89. The van der Waals surface area contributed by atoms with Crippen LogP contribution in [0, 0.1) is 0 Å². The summed E-state index contributed by atoms with van der Waals surface area (Å²) in [5.74, 6) is -0.700. The number of aryl methyl sites for hydroxylation is 1. The Morgan fingerprint density at radius 3 is 3.18 bits per heavy atom. The maximum Gasteiger partial charge on any atom is 0.304 e. The second-order valence-corrected chi connectivity index (χ2v) is 5.39. The van der Waals surface area contributed by atoms with Gasteiger partial charge in [-0.1, -0.05) is 6.92 Å². The van der Waals surface area contributed by atoms with Crippen molar-refractivity contribution >= 4 is 17.3 Å². The third kappa shape index (κ3) is 3.26. The van der Waals surface area contributed by atoms with Gasteiger partial charge in [-0.3, -0.25) is 9.69 Å². The van der Waals surface area contributed by atoms with Gasteiger partial charge in [0.2, 0.25) is 0 Å². The van der Waals surface area contributed by atoms with Crippen LogP contribution in [0.3, 0.4) is 0 Å². The topological polar surface area (TPSA) is 53.4 Å². The highest BCUT2D eigenvalue weighted by molar-refractivity contribution is 7.09. The fraction of sp³-hybridized carbons (Fsp3) is 0.667. The molecule has 1 N–H and O–H groups in total. The van der Waals surface area contributed by atoms with E-state index in [1.807, 2.05) is 0 Å². The van der Waals surface area contributed by atoms with E-state index >= 15 is 0 Å². The fourth-order valence-corrected chi connectivity index (χ4v) is 3.06. The highest BCUT2D eigenvalue weighted by Crippen LogP contribution is 2.23. The molecule has 1 atom stereocenters. The third-order valence-electron chi connectivity index (χ3n) is 3.18. The van der Waals surface area contributed by atoms with Crippen LogP contribution in [0.1, 0.15) is 36.9 Å². The Labute approximate surface area is 105 Å². The van der Waals surface area contributed by atoms with Crippen molar-refractivity contribution in [1.29, 1.82) is 0 Å². The van der Waals surface area contributed by atoms with Gasteiger partial charge in [0.1, 0.15) is 0 Å². The highest BCUT2D eigenvalue weighted by atomic mass is 32.1. The van der Waals surface area contributed by atoms with Crippen LogP contribution in [0.15, 0.2) is 5.38 Å². The molecule has 17 heavy (non-hydrogen) atoms. The molecule has 0 amide bonds. The molecule has 1 saturated heterocycles. The number of thiazole rings is 1. The molecule has 2 heterocycles. The molecular weight excluding hydrogens is 236 g/mol. The van der Waals surface area contributed by atoms with Crippen LogP contribution < -0.4 is 0 Å². The SMILES string of the molecule is CCc1nc(CN2CCCC2CC(=O)O)cs1. The Hall–Kier alpha value is -0.940. The second-order valence-electron chi connectivity index (χ2n) is 4.45. The summed E-state index contributed by atoms with van der Waals surface area (Å²) in [5.41, 5.74) is 1.09. The van der Waals surface area contributed by atoms with E-state index in [0.29, 0.717) is 0 Å². The van der Waals surface area contributed by atoms with Gasteiger partial charge in [-0.25, -0.2) is 4.98 Å². The van der Waals surface area contributed by atoms with Crippen LogP contribution >= 0.6 is 11.3 Å². The summed E-state index contributed by atoms with van der Waals surface area (Å²) in [6.07, 6.45) is 3.33. The number of aliphatic carboxylic acids is 1. The van der Waals surface area contributed by atoms with Crippen molar-refractivity contribution in [3.8, 4) is 0 Å². The molecule has 1 unspecified atom stereocenters. The molecule has 2 rings (SSSR count). The Morgan fingerprint density at radius 2 is 2.53 bits per heavy atom. The quantitative estimate of drug-likeness (QED) is 0.874. The number of carboxylic acids is 1. The first-order valence-corrected chi connectivity index (χ1v) is 6.96. The molecule has 1 aromatic heterocycles. The number of aromatic nitrogens is 1. The molecule has 0 saturated carbocycles. The van der Waals surface area contributed by atoms with Crippen molar-refractivity contribution in [3.05, 3.63) is 16.1 Å². The zero-order valence-electron chi connectivity index (χ0n) is 10.1. The van der Waals surface area contributed by atoms with Gasteiger partial charge in [0.25, 0.3) is 0 Å². The predicted octanol–water partition coefficient (Wildman–Crippen LogP) is 2.14. The second kappa shape index (κ2) is 5.60. The van der Waals surface area contributed by atoms with Crippen molar-refractivity contribution in [3.63, 3.8) is 0 Å². The Bertz CT molecular complexity index is 392. The Kier molecular flexibility index (Phi) is 4.12. The van der Waals surface area contributed by atoms with Gasteiger partial charge in [0.15, 0.2) is 0 Å². The molecule has 0 spiro atoms. The maximum absolute atomic E-state index is 10.8. The molecule has 1 aromatic rings. The fourth-order valence-electron chi connectivity index (χ4n) is 2.33. The molecule has 94 valence electrons. The molecule has 0 bridgehead atoms. The first-order valence-electron chi connectivity index (χ1n) is 6.08. The van der Waals surface area contributed by atoms with E-state index in [2.05, 4.69) is 22.2 Å². The van der Waals surface area contributed by atoms with Crippen LogP contribution in [0.5, 0.6) is 0 Å². The summed E-state index contributed by atoms with van der Waals surface area (Å²) in [5, 5.41) is 12.1. The van der Waals surface area contributed by atoms with Gasteiger partial charge < -0.3 is 5.11 Å². The van der Waals surface area contributed by atoms with E-state index in [4.69, 9.17) is 5.11 Å². The molecule has 4 nitrogen and oxygen atoms in total. The number of hydrogen-bond acceptors (Lipinski definition) is 4. The zero-order chi connectivity index (χ0) is 12.3. The van der Waals surface area contributed by atoms with Gasteiger partial charge in [-0.05, 0) is 25.8 Å². The van der Waals surface area contributed by atoms with Gasteiger partial charge in [-0.15, -0.1) is 11.3 Å². The van der Waals surface area contributed by atoms with Crippen LogP contribution in [-0.2, 0) is 17.8 Å². The largest absolute Gasteiger partial charge is 0.481 e. The van der Waals surface area contributed by atoms with Crippen molar-refractivity contribution in [1.82, 2.24) is 9.88 Å². The molecule has 0 aliphatic carbocycles. The number of carboxylic acid groups (broad SMARTS) is 1. The minimum atomic E-state index is -0.700. The number of carbonyl (C=O) groups is 1. The van der Waals surface area contributed by atoms with Crippen molar-refractivity contribution in [2.24, 2.45) is 0 Å². The van der Waals surface area contributed by atoms with Gasteiger partial charge >= 0.3 is 5.97 Å². The van der Waals surface area contributed by atoms with Crippen LogP contribution in [0.2, 0.25) is 0 Å². The Morgan fingerprint density at radius 1 is 1.71 bits per heavy atom. The number of nitrogens with zero attached hydrogens (tertiary/aromatic N) is 2. The zero-order valence-corrected chi connectivity index (χ0v) is 10.9. The van der Waals surface area contributed by atoms with E-state index in [1.165, 1.54) is 0 Å². The van der Waals surface area contributed by atoms with Crippen LogP contribution in [-0.4, -0.2) is 33.5 Å². The van der Waals surface area contributed by atoms with Gasteiger partial charge in [0.05, 0.1) is 17.1 Å². The van der Waals surface area contributed by atoms with Crippen molar-refractivity contribution in [2.75, 3.05) is 6.54 Å². The summed E-state index contributed by atoms with van der Waals surface area (Å²) in [6.45, 7) is 3.90. The average molecular weight is 254 g/mol. The first kappa shape index (κ1) is 12.5. The summed E-state index contributed by atoms with van der Waals surface area (Å²) >= 11 is 1.69. The lowest BCUT2D eigenvalue weighted by molar-refractivity contribution is -0.138. The van der Waals surface area contributed by atoms with Crippen LogP contribution in [0.4, 0.5) is 0 Å². The summed E-state index contributed by atoms with van der Waals surface area (Å²) < 4.78 is 0. The molecule has 1 fully saturated rings. The predicted molar refractivity (Wildman–Crippen MR) is 67.2 cm³/mol. The smallest absolute Gasteiger partial charge is 0.304 e. The van der Waals surface area contributed by atoms with E-state index in [9.17, 15) is 4.79 Å². The normalized spacial score (nSPS) is 20.9. The van der Waals surface area contributed by atoms with E-state index in [0.717, 1.165) is 43.1 Å². The minimum absolute atomic E-state index is 0.194. The minimum Gasteiger partial charge on any atom is -0.481 e. The summed E-state index contributed by atoms with van der Waals surface area (Å²) in [7, 11) is 0. The third-order valence-corrected chi connectivity index (χ3v) is 4.22. The lowest BCUT2D eigenvalue weighted by atomic mass is 10.1. The van der Waals surface area contributed by atoms with E-state index < -0.39 is 5.97 Å². The monoisotopic (exact) mass is 254 g/mol. The highest BCUT2D eigenvalue weighted by Gasteiger charge is 2.26. The molecule has 1 aliphatic heterocycles. The molecule has 0 aromatic carbocycles. The lowest BCUT2D eigenvalue weighted by Crippen LogP contribution is -2.30. The number of likely N-dealkylation sites (tertiary alicyclic amines) is 1. The number of hydrogen-bond donors (Lipinski definition) is 1. The standard InChI is InChI=1S/C12H18N2O2S/c1-2-11-13-9(8-17-11)7-14-5-3-4-10(14)6-12(15)16/h8,10H,2-7H2,1H3,(H,15,16). The Balaban J connectivity index is 1.95. The summed E-state index contributed by atoms with van der Waals surface area (Å²) in [4.78, 5) is 17.6. The molecular formula is C12H18N2O2S. The lowest BCUT2D eigenvalue weighted by Gasteiger charge is -2.21. The van der Waals surface area contributed by atoms with Crippen molar-refractivity contribution < 1.29 is 9.90 Å². The maximum atomic E-state index is 10.8. The molecule has 5 heteroatoms. The molecule has 0 radical (unpaired) electrons. The van der Waals surface area contributed by atoms with Gasteiger partial charge in [0, 0.05) is 18.0 Å². The van der Waals surface area contributed by atoms with E-state index in [1.54, 1.807) is 11.3 Å². The molecule has 1 aliphatic rings. The van der Waals surface area contributed by atoms with Crippen LogP contribution in [0.25, 0.3) is 0 Å².